The molecule has 2 aromatic rings. The molecule has 1 aromatic carbocycles. The van der Waals surface area contributed by atoms with Crippen molar-refractivity contribution in [1.29, 1.82) is 0 Å². The van der Waals surface area contributed by atoms with Crippen LogP contribution in [0, 0.1) is 35.5 Å². The Morgan fingerprint density at radius 1 is 1.04 bits per heavy atom. The van der Waals surface area contributed by atoms with Gasteiger partial charge >= 0.3 is 0 Å². The highest BCUT2D eigenvalue weighted by Gasteiger charge is 2.67. The minimum atomic E-state index is -0.234. The molecule has 5 nitrogen and oxygen atoms in total. The molecule has 3 fully saturated rings. The fourth-order valence-corrected chi connectivity index (χ4v) is 5.58. The van der Waals surface area contributed by atoms with Crippen molar-refractivity contribution in [1.82, 2.24) is 5.01 Å². The van der Waals surface area contributed by atoms with E-state index < -0.39 is 0 Å². The number of furan rings is 1. The lowest BCUT2D eigenvalue weighted by Gasteiger charge is -2.37. The van der Waals surface area contributed by atoms with Crippen molar-refractivity contribution in [3.8, 4) is 11.3 Å². The van der Waals surface area contributed by atoms with Gasteiger partial charge < -0.3 is 4.42 Å². The first-order chi connectivity index (χ1) is 13.6. The summed E-state index contributed by atoms with van der Waals surface area (Å²) in [7, 11) is 0. The third-order valence-corrected chi connectivity index (χ3v) is 6.91. The minimum Gasteiger partial charge on any atom is -0.455 e. The van der Waals surface area contributed by atoms with Crippen molar-refractivity contribution >= 4 is 29.6 Å². The van der Waals surface area contributed by atoms with Crippen molar-refractivity contribution in [2.24, 2.45) is 40.6 Å². The summed E-state index contributed by atoms with van der Waals surface area (Å²) in [6, 6.07) is 10.9. The second kappa shape index (κ2) is 5.67. The van der Waals surface area contributed by atoms with E-state index in [9.17, 15) is 9.59 Å². The average Bonchev–Trinajstić information content (AvgIpc) is 3.33. The van der Waals surface area contributed by atoms with Gasteiger partial charge in [0.1, 0.15) is 11.5 Å². The van der Waals surface area contributed by atoms with Crippen LogP contribution < -0.4 is 0 Å². The SMILES string of the molecule is O=C1[C@@H]2[C@H]3C=C[C@@H]([C@@H]4C[C@@H]34)[C@H]2C(=O)N1N=Cc1ccc(-c2cccc(Cl)c2)o1. The molecule has 5 aliphatic rings. The van der Waals surface area contributed by atoms with Gasteiger partial charge in [0.15, 0.2) is 0 Å². The van der Waals surface area contributed by atoms with Crippen molar-refractivity contribution in [3.05, 3.63) is 59.3 Å². The molecule has 28 heavy (non-hydrogen) atoms. The van der Waals surface area contributed by atoms with Crippen molar-refractivity contribution < 1.29 is 14.0 Å². The zero-order valence-electron chi connectivity index (χ0n) is 14.9. The molecule has 140 valence electrons. The van der Waals surface area contributed by atoms with Crippen LogP contribution >= 0.6 is 11.6 Å². The number of carbonyl (C=O) groups excluding carboxylic acids is 2. The predicted octanol–water partition coefficient (Wildman–Crippen LogP) is 3.99. The molecule has 2 amide bonds. The summed E-state index contributed by atoms with van der Waals surface area (Å²) in [5.41, 5.74) is 0.855. The third kappa shape index (κ3) is 2.23. The largest absolute Gasteiger partial charge is 0.455 e. The van der Waals surface area contributed by atoms with Gasteiger partial charge in [-0.1, -0.05) is 35.9 Å². The normalized spacial score (nSPS) is 35.0. The van der Waals surface area contributed by atoms with E-state index in [1.165, 1.54) is 6.21 Å². The number of carbonyl (C=O) groups is 2. The number of rotatable bonds is 3. The number of allylic oxidation sites excluding steroid dienone is 2. The topological polar surface area (TPSA) is 62.9 Å². The zero-order chi connectivity index (χ0) is 19.0. The highest BCUT2D eigenvalue weighted by atomic mass is 35.5. The summed E-state index contributed by atoms with van der Waals surface area (Å²) in [5, 5.41) is 5.89. The summed E-state index contributed by atoms with van der Waals surface area (Å²) in [6.07, 6.45) is 6.90. The molecular weight excluding hydrogens is 376 g/mol. The van der Waals surface area contributed by atoms with Crippen LogP contribution in [0.2, 0.25) is 5.02 Å². The second-order valence-electron chi connectivity index (χ2n) is 8.10. The molecule has 7 rings (SSSR count). The molecule has 6 atom stereocenters. The van der Waals surface area contributed by atoms with Crippen LogP contribution in [0.25, 0.3) is 11.3 Å². The van der Waals surface area contributed by atoms with E-state index in [1.54, 1.807) is 12.1 Å². The number of imide groups is 1. The predicted molar refractivity (Wildman–Crippen MR) is 103 cm³/mol. The van der Waals surface area contributed by atoms with Gasteiger partial charge in [-0.15, -0.1) is 0 Å². The Morgan fingerprint density at radius 3 is 2.43 bits per heavy atom. The summed E-state index contributed by atoms with van der Waals surface area (Å²) in [4.78, 5) is 25.8. The van der Waals surface area contributed by atoms with E-state index in [0.717, 1.165) is 17.0 Å². The van der Waals surface area contributed by atoms with Crippen LogP contribution in [0.4, 0.5) is 0 Å². The Hall–Kier alpha value is -2.66. The fourth-order valence-electron chi connectivity index (χ4n) is 5.39. The summed E-state index contributed by atoms with van der Waals surface area (Å²) in [5.74, 6) is 1.90. The average molecular weight is 393 g/mol. The number of nitrogens with zero attached hydrogens (tertiary/aromatic N) is 2. The maximum Gasteiger partial charge on any atom is 0.254 e. The quantitative estimate of drug-likeness (QED) is 0.451. The van der Waals surface area contributed by atoms with E-state index in [-0.39, 0.29) is 35.5 Å². The van der Waals surface area contributed by atoms with Crippen LogP contribution in [-0.2, 0) is 9.59 Å². The fraction of sp³-hybridized carbons (Fsp3) is 0.318. The maximum atomic E-state index is 12.9. The van der Waals surface area contributed by atoms with E-state index in [4.69, 9.17) is 16.0 Å². The molecule has 4 aliphatic carbocycles. The van der Waals surface area contributed by atoms with Crippen LogP contribution in [0.15, 0.2) is 58.1 Å². The maximum absolute atomic E-state index is 12.9. The second-order valence-corrected chi connectivity index (χ2v) is 8.54. The summed E-state index contributed by atoms with van der Waals surface area (Å²) < 4.78 is 5.78. The lowest BCUT2D eigenvalue weighted by Crippen LogP contribution is -2.40. The Bertz CT molecular complexity index is 1040. The molecule has 1 saturated heterocycles. The Kier molecular flexibility index (Phi) is 3.30. The highest BCUT2D eigenvalue weighted by molar-refractivity contribution is 6.30. The monoisotopic (exact) mass is 392 g/mol. The first-order valence-electron chi connectivity index (χ1n) is 9.58. The smallest absolute Gasteiger partial charge is 0.254 e. The van der Waals surface area contributed by atoms with Gasteiger partial charge in [-0.05, 0) is 54.4 Å². The van der Waals surface area contributed by atoms with Crippen molar-refractivity contribution in [2.75, 3.05) is 0 Å². The van der Waals surface area contributed by atoms with E-state index in [0.29, 0.717) is 28.4 Å². The molecule has 0 spiro atoms. The number of amides is 2. The number of hydrogen-bond donors (Lipinski definition) is 0. The van der Waals surface area contributed by atoms with Gasteiger partial charge in [-0.2, -0.15) is 10.1 Å². The minimum absolute atomic E-state index is 0.169. The molecule has 0 unspecified atom stereocenters. The number of hydrogen-bond acceptors (Lipinski definition) is 4. The summed E-state index contributed by atoms with van der Waals surface area (Å²) >= 11 is 6.03. The van der Waals surface area contributed by atoms with Gasteiger partial charge in [0.25, 0.3) is 11.8 Å². The van der Waals surface area contributed by atoms with Gasteiger partial charge in [-0.3, -0.25) is 9.59 Å². The standard InChI is InChI=1S/C22H17ClN2O3/c23-12-3-1-2-11(8-12)18-7-4-13(28-18)10-24-25-21(26)19-14-5-6-15(17-9-16(14)17)20(19)22(25)27/h1-8,10,14-17,19-20H,9H2/t14-,15-,16-,17-,19+,20+/m0/s1. The molecule has 6 heteroatoms. The molecular formula is C22H17ClN2O3. The van der Waals surface area contributed by atoms with Crippen LogP contribution in [0.5, 0.6) is 0 Å². The first kappa shape index (κ1) is 16.3. The van der Waals surface area contributed by atoms with Crippen LogP contribution in [0.1, 0.15) is 12.2 Å². The lowest BCUT2D eigenvalue weighted by atomic mass is 9.63. The summed E-state index contributed by atoms with van der Waals surface area (Å²) in [6.45, 7) is 0. The molecule has 2 bridgehead atoms. The number of benzene rings is 1. The Labute approximate surface area is 166 Å². The zero-order valence-corrected chi connectivity index (χ0v) is 15.6. The van der Waals surface area contributed by atoms with E-state index in [1.807, 2.05) is 24.3 Å². The van der Waals surface area contributed by atoms with Crippen molar-refractivity contribution in [3.63, 3.8) is 0 Å². The van der Waals surface area contributed by atoms with Crippen LogP contribution in [0.3, 0.4) is 0 Å². The van der Waals surface area contributed by atoms with Gasteiger partial charge in [-0.25, -0.2) is 0 Å². The molecule has 2 saturated carbocycles. The van der Waals surface area contributed by atoms with Gasteiger partial charge in [0.05, 0.1) is 18.1 Å². The Balaban J connectivity index is 1.25. The molecule has 2 heterocycles. The van der Waals surface area contributed by atoms with Crippen LogP contribution in [-0.4, -0.2) is 23.0 Å². The molecule has 0 N–H and O–H groups in total. The first-order valence-corrected chi connectivity index (χ1v) is 9.95. The molecule has 1 aliphatic heterocycles. The third-order valence-electron chi connectivity index (χ3n) is 6.68. The van der Waals surface area contributed by atoms with Gasteiger partial charge in [0.2, 0.25) is 0 Å². The highest BCUT2D eigenvalue weighted by Crippen LogP contribution is 2.65. The van der Waals surface area contributed by atoms with E-state index >= 15 is 0 Å². The Morgan fingerprint density at radius 2 is 1.75 bits per heavy atom. The van der Waals surface area contributed by atoms with Crippen molar-refractivity contribution in [2.45, 2.75) is 6.42 Å². The number of hydrazone groups is 1. The molecule has 0 radical (unpaired) electrons. The van der Waals surface area contributed by atoms with E-state index in [2.05, 4.69) is 17.3 Å². The molecule has 1 aromatic heterocycles. The lowest BCUT2D eigenvalue weighted by molar-refractivity contribution is -0.140. The number of halogens is 1. The van der Waals surface area contributed by atoms with Gasteiger partial charge in [0, 0.05) is 10.6 Å².